The normalized spacial score (nSPS) is 17.0. The Kier molecular flexibility index (Phi) is 5.18. The van der Waals surface area contributed by atoms with Gasteiger partial charge in [-0.15, -0.1) is 0 Å². The van der Waals surface area contributed by atoms with Gasteiger partial charge in [0.25, 0.3) is 0 Å². The summed E-state index contributed by atoms with van der Waals surface area (Å²) in [6, 6.07) is 12.4. The van der Waals surface area contributed by atoms with E-state index in [0.717, 1.165) is 34.8 Å². The zero-order valence-electron chi connectivity index (χ0n) is 16.4. The van der Waals surface area contributed by atoms with E-state index in [1.165, 1.54) is 12.8 Å². The van der Waals surface area contributed by atoms with E-state index in [1.54, 1.807) is 0 Å². The Hall–Kier alpha value is -2.66. The van der Waals surface area contributed by atoms with Crippen molar-refractivity contribution in [3.63, 3.8) is 0 Å². The molecule has 6 heteroatoms. The minimum Gasteiger partial charge on any atom is -0.362 e. The summed E-state index contributed by atoms with van der Waals surface area (Å²) in [5.41, 5.74) is 1.78. The van der Waals surface area contributed by atoms with Crippen LogP contribution in [0.5, 0.6) is 0 Å². The molecule has 0 spiro atoms. The van der Waals surface area contributed by atoms with Crippen molar-refractivity contribution >= 4 is 46.3 Å². The smallest absolute Gasteiger partial charge is 0.155 e. The first-order valence-electron chi connectivity index (χ1n) is 9.58. The van der Waals surface area contributed by atoms with Crippen molar-refractivity contribution in [3.8, 4) is 0 Å². The van der Waals surface area contributed by atoms with Crippen molar-refractivity contribution in [2.75, 3.05) is 30.4 Å². The van der Waals surface area contributed by atoms with Crippen LogP contribution in [0.3, 0.4) is 0 Å². The molecule has 0 radical (unpaired) electrons. The van der Waals surface area contributed by atoms with Gasteiger partial charge in [0, 0.05) is 37.1 Å². The second kappa shape index (κ2) is 7.76. The number of nitrogens with zero attached hydrogens (tertiary/aromatic N) is 5. The van der Waals surface area contributed by atoms with Crippen LogP contribution in [0.1, 0.15) is 31.3 Å². The number of hydrogen-bond acceptors (Lipinski definition) is 5. The highest BCUT2D eigenvalue weighted by Crippen LogP contribution is 2.27. The number of benzene rings is 1. The van der Waals surface area contributed by atoms with Crippen LogP contribution < -0.4 is 9.80 Å². The molecule has 1 aliphatic rings. The van der Waals surface area contributed by atoms with Gasteiger partial charge >= 0.3 is 0 Å². The lowest BCUT2D eigenvalue weighted by Crippen LogP contribution is -2.27. The van der Waals surface area contributed by atoms with E-state index in [2.05, 4.69) is 28.9 Å². The predicted octanol–water partition coefficient (Wildman–Crippen LogP) is 4.90. The Bertz CT molecular complexity index is 1030. The van der Waals surface area contributed by atoms with Gasteiger partial charge in [-0.05, 0) is 62.2 Å². The SMILES string of the molecule is CC1CCCN1c1cccc(C=Cc2nc(N(C)C)c3cc(Cl)ccc3n2)n1. The monoisotopic (exact) mass is 393 g/mol. The van der Waals surface area contributed by atoms with Gasteiger partial charge in [0.05, 0.1) is 11.2 Å². The number of hydrogen-bond donors (Lipinski definition) is 0. The summed E-state index contributed by atoms with van der Waals surface area (Å²) in [4.78, 5) is 18.5. The van der Waals surface area contributed by atoms with Gasteiger partial charge in [0.1, 0.15) is 11.6 Å². The Morgan fingerprint density at radius 2 is 1.96 bits per heavy atom. The average Bonchev–Trinajstić information content (AvgIpc) is 3.12. The molecule has 0 amide bonds. The second-order valence-electron chi connectivity index (χ2n) is 7.40. The van der Waals surface area contributed by atoms with Gasteiger partial charge in [0.2, 0.25) is 0 Å². The number of halogens is 1. The van der Waals surface area contributed by atoms with Crippen molar-refractivity contribution in [1.82, 2.24) is 15.0 Å². The lowest BCUT2D eigenvalue weighted by atomic mass is 10.2. The fourth-order valence-electron chi connectivity index (χ4n) is 3.64. The molecule has 1 unspecified atom stereocenters. The van der Waals surface area contributed by atoms with Crippen LogP contribution in [0.4, 0.5) is 11.6 Å². The summed E-state index contributed by atoms with van der Waals surface area (Å²) < 4.78 is 0. The number of aromatic nitrogens is 3. The van der Waals surface area contributed by atoms with Gasteiger partial charge in [-0.25, -0.2) is 15.0 Å². The molecule has 1 fully saturated rings. The van der Waals surface area contributed by atoms with Crippen molar-refractivity contribution in [2.24, 2.45) is 0 Å². The fraction of sp³-hybridized carbons (Fsp3) is 0.318. The predicted molar refractivity (Wildman–Crippen MR) is 118 cm³/mol. The van der Waals surface area contributed by atoms with Crippen LogP contribution in [-0.2, 0) is 0 Å². The number of rotatable bonds is 4. The summed E-state index contributed by atoms with van der Waals surface area (Å²) in [5, 5.41) is 1.62. The van der Waals surface area contributed by atoms with Gasteiger partial charge in [-0.3, -0.25) is 0 Å². The third-order valence-corrected chi connectivity index (χ3v) is 5.32. The molecular weight excluding hydrogens is 370 g/mol. The molecule has 2 aromatic heterocycles. The summed E-state index contributed by atoms with van der Waals surface area (Å²) in [7, 11) is 3.94. The molecule has 3 heterocycles. The number of fused-ring (bicyclic) bond motifs is 1. The second-order valence-corrected chi connectivity index (χ2v) is 7.84. The van der Waals surface area contributed by atoms with Crippen molar-refractivity contribution in [2.45, 2.75) is 25.8 Å². The third kappa shape index (κ3) is 3.80. The molecule has 144 valence electrons. The molecule has 1 atom stereocenters. The highest BCUT2D eigenvalue weighted by Gasteiger charge is 2.21. The summed E-state index contributed by atoms with van der Waals surface area (Å²) in [6.45, 7) is 3.33. The Morgan fingerprint density at radius 3 is 2.71 bits per heavy atom. The van der Waals surface area contributed by atoms with Gasteiger partial charge in [-0.2, -0.15) is 0 Å². The summed E-state index contributed by atoms with van der Waals surface area (Å²) in [6.07, 6.45) is 6.34. The zero-order chi connectivity index (χ0) is 19.7. The van der Waals surface area contributed by atoms with Crippen LogP contribution in [0.2, 0.25) is 5.02 Å². The lowest BCUT2D eigenvalue weighted by Gasteiger charge is -2.22. The molecule has 0 aliphatic carbocycles. The minimum atomic E-state index is 0.546. The average molecular weight is 394 g/mol. The summed E-state index contributed by atoms with van der Waals surface area (Å²) >= 11 is 6.15. The highest BCUT2D eigenvalue weighted by atomic mass is 35.5. The minimum absolute atomic E-state index is 0.546. The van der Waals surface area contributed by atoms with Gasteiger partial charge in [-0.1, -0.05) is 17.7 Å². The van der Waals surface area contributed by atoms with E-state index in [4.69, 9.17) is 21.6 Å². The topological polar surface area (TPSA) is 45.2 Å². The van der Waals surface area contributed by atoms with Crippen LogP contribution in [0.25, 0.3) is 23.1 Å². The van der Waals surface area contributed by atoms with E-state index in [9.17, 15) is 0 Å². The fourth-order valence-corrected chi connectivity index (χ4v) is 3.82. The lowest BCUT2D eigenvalue weighted by molar-refractivity contribution is 0.727. The van der Waals surface area contributed by atoms with E-state index in [0.29, 0.717) is 16.9 Å². The third-order valence-electron chi connectivity index (χ3n) is 5.08. The van der Waals surface area contributed by atoms with Crippen LogP contribution >= 0.6 is 11.6 Å². The number of pyridine rings is 1. The maximum Gasteiger partial charge on any atom is 0.155 e. The molecule has 3 aromatic rings. The van der Waals surface area contributed by atoms with Crippen LogP contribution in [-0.4, -0.2) is 41.6 Å². The first-order valence-corrected chi connectivity index (χ1v) is 9.95. The van der Waals surface area contributed by atoms with Gasteiger partial charge in [0.15, 0.2) is 5.82 Å². The number of anilines is 2. The molecule has 1 saturated heterocycles. The standard InChI is InChI=1S/C22H24ClN5/c1-15-6-5-13-28(15)21-8-4-7-17(24-21)10-12-20-25-19-11-9-16(23)14-18(19)22(26-20)27(2)3/h4,7-12,14-15H,5-6,13H2,1-3H3. The zero-order valence-corrected chi connectivity index (χ0v) is 17.2. The Morgan fingerprint density at radius 1 is 1.11 bits per heavy atom. The van der Waals surface area contributed by atoms with Gasteiger partial charge < -0.3 is 9.80 Å². The van der Waals surface area contributed by atoms with E-state index < -0.39 is 0 Å². The molecule has 0 N–H and O–H groups in total. The molecule has 1 aliphatic heterocycles. The Labute approximate surface area is 170 Å². The van der Waals surface area contributed by atoms with Crippen LogP contribution in [0, 0.1) is 0 Å². The largest absolute Gasteiger partial charge is 0.362 e. The Balaban J connectivity index is 1.66. The molecule has 5 nitrogen and oxygen atoms in total. The van der Waals surface area contributed by atoms with E-state index >= 15 is 0 Å². The quantitative estimate of drug-likeness (QED) is 0.630. The molecule has 28 heavy (non-hydrogen) atoms. The van der Waals surface area contributed by atoms with Crippen molar-refractivity contribution in [3.05, 3.63) is 52.9 Å². The maximum absolute atomic E-state index is 6.15. The molecule has 0 saturated carbocycles. The summed E-state index contributed by atoms with van der Waals surface area (Å²) in [5.74, 6) is 2.54. The maximum atomic E-state index is 6.15. The van der Waals surface area contributed by atoms with E-state index in [1.807, 2.05) is 55.4 Å². The molecule has 1 aromatic carbocycles. The van der Waals surface area contributed by atoms with Crippen molar-refractivity contribution < 1.29 is 0 Å². The first kappa shape index (κ1) is 18.7. The molecule has 4 rings (SSSR count). The van der Waals surface area contributed by atoms with Crippen molar-refractivity contribution in [1.29, 1.82) is 0 Å². The molecular formula is C22H24ClN5. The first-order chi connectivity index (χ1) is 13.5. The van der Waals surface area contributed by atoms with Crippen LogP contribution in [0.15, 0.2) is 36.4 Å². The highest BCUT2D eigenvalue weighted by molar-refractivity contribution is 6.31. The molecule has 0 bridgehead atoms. The van der Waals surface area contributed by atoms with E-state index in [-0.39, 0.29) is 0 Å².